The lowest BCUT2D eigenvalue weighted by Crippen LogP contribution is -2.45. The van der Waals surface area contributed by atoms with Crippen molar-refractivity contribution in [2.75, 3.05) is 19.6 Å². The van der Waals surface area contributed by atoms with Crippen LogP contribution in [-0.4, -0.2) is 52.3 Å². The summed E-state index contributed by atoms with van der Waals surface area (Å²) in [6, 6.07) is 14.0. The molecule has 0 radical (unpaired) electrons. The Labute approximate surface area is 171 Å². The van der Waals surface area contributed by atoms with Gasteiger partial charge < -0.3 is 9.80 Å². The summed E-state index contributed by atoms with van der Waals surface area (Å²) < 4.78 is 0. The van der Waals surface area contributed by atoms with Gasteiger partial charge in [-0.15, -0.1) is 0 Å². The number of nitrogens with zero attached hydrogens (tertiary/aromatic N) is 3. The van der Waals surface area contributed by atoms with Gasteiger partial charge in [-0.25, -0.2) is 0 Å². The van der Waals surface area contributed by atoms with E-state index >= 15 is 0 Å². The van der Waals surface area contributed by atoms with Crippen LogP contribution in [0.4, 0.5) is 0 Å². The van der Waals surface area contributed by atoms with Crippen molar-refractivity contribution >= 4 is 11.8 Å². The van der Waals surface area contributed by atoms with Crippen LogP contribution in [-0.2, 0) is 10.2 Å². The van der Waals surface area contributed by atoms with Crippen LogP contribution < -0.4 is 0 Å². The molecule has 150 valence electrons. The molecule has 2 atom stereocenters. The van der Waals surface area contributed by atoms with Crippen LogP contribution in [0.5, 0.6) is 0 Å². The lowest BCUT2D eigenvalue weighted by molar-refractivity contribution is -0.131. The highest BCUT2D eigenvalue weighted by Crippen LogP contribution is 2.47. The van der Waals surface area contributed by atoms with Crippen LogP contribution in [0.1, 0.15) is 48.0 Å². The second-order valence-corrected chi connectivity index (χ2v) is 8.76. The Hall–Kier alpha value is -2.69. The fraction of sp³-hybridized carbons (Fsp3) is 0.458. The molecule has 0 spiro atoms. The first-order valence-corrected chi connectivity index (χ1v) is 10.7. The third-order valence-electron chi connectivity index (χ3n) is 7.07. The molecule has 0 bridgehead atoms. The average molecular weight is 389 g/mol. The number of pyridine rings is 1. The van der Waals surface area contributed by atoms with Crippen LogP contribution in [0.3, 0.4) is 0 Å². The average Bonchev–Trinajstić information content (AvgIpc) is 3.54. The SMILES string of the molecule is O=C1CC2N(C(=O)c3ccncc3)CCC2(c2ccccc2)CCN1CC1CC1. The van der Waals surface area contributed by atoms with Gasteiger partial charge in [-0.05, 0) is 49.3 Å². The van der Waals surface area contributed by atoms with E-state index in [0.717, 1.165) is 25.9 Å². The number of amides is 2. The molecule has 3 heterocycles. The second-order valence-electron chi connectivity index (χ2n) is 8.76. The molecular formula is C24H27N3O2. The highest BCUT2D eigenvalue weighted by Gasteiger charge is 2.52. The summed E-state index contributed by atoms with van der Waals surface area (Å²) in [6.07, 6.45) is 8.03. The number of likely N-dealkylation sites (tertiary alicyclic amines) is 2. The Morgan fingerprint density at radius 3 is 2.48 bits per heavy atom. The zero-order valence-corrected chi connectivity index (χ0v) is 16.7. The summed E-state index contributed by atoms with van der Waals surface area (Å²) in [5, 5.41) is 0. The van der Waals surface area contributed by atoms with Crippen LogP contribution in [0.15, 0.2) is 54.9 Å². The lowest BCUT2D eigenvalue weighted by atomic mass is 9.71. The van der Waals surface area contributed by atoms with Gasteiger partial charge in [0, 0.05) is 49.4 Å². The van der Waals surface area contributed by atoms with Crippen molar-refractivity contribution < 1.29 is 9.59 Å². The van der Waals surface area contributed by atoms with E-state index in [1.165, 1.54) is 18.4 Å². The number of benzene rings is 1. The zero-order valence-electron chi connectivity index (χ0n) is 16.7. The minimum Gasteiger partial charge on any atom is -0.342 e. The standard InChI is InChI=1S/C24H27N3O2/c28-22-16-21-24(20-4-2-1-3-5-20,10-14-26(22)17-18-6-7-18)11-15-27(21)23(29)19-8-12-25-13-9-19/h1-5,8-9,12-13,18,21H,6-7,10-11,14-17H2. The number of carbonyl (C=O) groups excluding carboxylic acids is 2. The van der Waals surface area contributed by atoms with E-state index in [9.17, 15) is 9.59 Å². The molecular weight excluding hydrogens is 362 g/mol. The summed E-state index contributed by atoms with van der Waals surface area (Å²) >= 11 is 0. The summed E-state index contributed by atoms with van der Waals surface area (Å²) in [4.78, 5) is 34.6. The van der Waals surface area contributed by atoms with Gasteiger partial charge in [0.05, 0.1) is 6.04 Å². The molecule has 2 aromatic rings. The summed E-state index contributed by atoms with van der Waals surface area (Å²) in [5.74, 6) is 0.895. The quantitative estimate of drug-likeness (QED) is 0.807. The van der Waals surface area contributed by atoms with Gasteiger partial charge in [0.15, 0.2) is 0 Å². The van der Waals surface area contributed by atoms with Crippen LogP contribution in [0.25, 0.3) is 0 Å². The predicted molar refractivity (Wildman–Crippen MR) is 110 cm³/mol. The number of aromatic nitrogens is 1. The van der Waals surface area contributed by atoms with Gasteiger partial charge >= 0.3 is 0 Å². The van der Waals surface area contributed by atoms with Crippen molar-refractivity contribution in [3.63, 3.8) is 0 Å². The largest absolute Gasteiger partial charge is 0.342 e. The third-order valence-corrected chi connectivity index (χ3v) is 7.07. The Kier molecular flexibility index (Phi) is 4.61. The minimum absolute atomic E-state index is 0.0126. The molecule has 1 aromatic carbocycles. The van der Waals surface area contributed by atoms with Gasteiger partial charge in [0.25, 0.3) is 5.91 Å². The van der Waals surface area contributed by atoms with E-state index < -0.39 is 0 Å². The normalized spacial score (nSPS) is 26.9. The summed E-state index contributed by atoms with van der Waals surface area (Å²) in [7, 11) is 0. The number of carbonyl (C=O) groups is 2. The molecule has 2 amide bonds. The fourth-order valence-corrected chi connectivity index (χ4v) is 5.25. The number of hydrogen-bond donors (Lipinski definition) is 0. The third kappa shape index (κ3) is 3.33. The molecule has 3 aliphatic rings. The van der Waals surface area contributed by atoms with E-state index in [2.05, 4.69) is 34.1 Å². The van der Waals surface area contributed by atoms with E-state index in [-0.39, 0.29) is 23.3 Å². The molecule has 1 aliphatic carbocycles. The molecule has 2 saturated heterocycles. The van der Waals surface area contributed by atoms with Crippen molar-refractivity contribution in [1.82, 2.24) is 14.8 Å². The highest BCUT2D eigenvalue weighted by atomic mass is 16.2. The van der Waals surface area contributed by atoms with Gasteiger partial charge in [0.2, 0.25) is 5.91 Å². The second kappa shape index (κ2) is 7.29. The van der Waals surface area contributed by atoms with Gasteiger partial charge in [-0.2, -0.15) is 0 Å². The first-order chi connectivity index (χ1) is 14.2. The Morgan fingerprint density at radius 1 is 1.03 bits per heavy atom. The molecule has 0 N–H and O–H groups in total. The zero-order chi connectivity index (χ0) is 19.8. The maximum absolute atomic E-state index is 13.3. The smallest absolute Gasteiger partial charge is 0.254 e. The molecule has 1 aromatic heterocycles. The van der Waals surface area contributed by atoms with Crippen LogP contribution >= 0.6 is 0 Å². The molecule has 5 nitrogen and oxygen atoms in total. The van der Waals surface area contributed by atoms with Gasteiger partial charge in [-0.1, -0.05) is 30.3 Å². The van der Waals surface area contributed by atoms with Gasteiger partial charge in [0.1, 0.15) is 0 Å². The number of rotatable bonds is 4. The van der Waals surface area contributed by atoms with E-state index in [4.69, 9.17) is 0 Å². The van der Waals surface area contributed by atoms with E-state index in [0.29, 0.717) is 24.4 Å². The summed E-state index contributed by atoms with van der Waals surface area (Å²) in [5.41, 5.74) is 1.75. The molecule has 2 aliphatic heterocycles. The van der Waals surface area contributed by atoms with Crippen LogP contribution in [0, 0.1) is 5.92 Å². The van der Waals surface area contributed by atoms with Crippen molar-refractivity contribution in [2.24, 2.45) is 5.92 Å². The minimum atomic E-state index is -0.155. The van der Waals surface area contributed by atoms with Gasteiger partial charge in [-0.3, -0.25) is 14.6 Å². The fourth-order valence-electron chi connectivity index (χ4n) is 5.25. The molecule has 5 rings (SSSR count). The molecule has 1 saturated carbocycles. The molecule has 2 unspecified atom stereocenters. The van der Waals surface area contributed by atoms with Crippen molar-refractivity contribution in [2.45, 2.75) is 43.6 Å². The maximum atomic E-state index is 13.3. The Bertz CT molecular complexity index is 897. The topological polar surface area (TPSA) is 53.5 Å². The first kappa shape index (κ1) is 18.3. The number of hydrogen-bond acceptors (Lipinski definition) is 3. The first-order valence-electron chi connectivity index (χ1n) is 10.7. The molecule has 29 heavy (non-hydrogen) atoms. The highest BCUT2D eigenvalue weighted by molar-refractivity contribution is 5.95. The van der Waals surface area contributed by atoms with E-state index in [1.54, 1.807) is 24.5 Å². The maximum Gasteiger partial charge on any atom is 0.254 e. The van der Waals surface area contributed by atoms with Crippen molar-refractivity contribution in [1.29, 1.82) is 0 Å². The van der Waals surface area contributed by atoms with Crippen LogP contribution in [0.2, 0.25) is 0 Å². The summed E-state index contributed by atoms with van der Waals surface area (Å²) in [6.45, 7) is 2.36. The molecule has 5 heteroatoms. The van der Waals surface area contributed by atoms with Crippen molar-refractivity contribution in [3.8, 4) is 0 Å². The Morgan fingerprint density at radius 2 is 1.76 bits per heavy atom. The monoisotopic (exact) mass is 389 g/mol. The van der Waals surface area contributed by atoms with E-state index in [1.807, 2.05) is 11.0 Å². The van der Waals surface area contributed by atoms with Crippen molar-refractivity contribution in [3.05, 3.63) is 66.0 Å². The Balaban J connectivity index is 1.50. The number of fused-ring (bicyclic) bond motifs is 1. The molecule has 3 fully saturated rings. The lowest BCUT2D eigenvalue weighted by Gasteiger charge is -2.36. The predicted octanol–water partition coefficient (Wildman–Crippen LogP) is 3.27.